The van der Waals surface area contributed by atoms with Crippen molar-refractivity contribution >= 4 is 17.5 Å². The highest BCUT2D eigenvalue weighted by Gasteiger charge is 2.52. The van der Waals surface area contributed by atoms with Gasteiger partial charge in [0.1, 0.15) is 0 Å². The molecule has 2 atom stereocenters. The van der Waals surface area contributed by atoms with E-state index in [2.05, 4.69) is 6.92 Å². The number of carbonyl (C=O) groups is 2. The van der Waals surface area contributed by atoms with Gasteiger partial charge in [0, 0.05) is 6.54 Å². The van der Waals surface area contributed by atoms with Crippen molar-refractivity contribution in [1.82, 2.24) is 0 Å². The molecule has 1 saturated carbocycles. The summed E-state index contributed by atoms with van der Waals surface area (Å²) in [6.45, 7) is 4.45. The molecule has 4 nitrogen and oxygen atoms in total. The summed E-state index contributed by atoms with van der Waals surface area (Å²) in [5.41, 5.74) is 8.25. The Labute approximate surface area is 118 Å². The third-order valence-electron chi connectivity index (χ3n) is 4.62. The summed E-state index contributed by atoms with van der Waals surface area (Å²) in [6, 6.07) is 5.73. The Kier molecular flexibility index (Phi) is 3.13. The molecule has 1 aliphatic heterocycles. The summed E-state index contributed by atoms with van der Waals surface area (Å²) in [6.07, 6.45) is 1.67. The van der Waals surface area contributed by atoms with Crippen molar-refractivity contribution in [3.63, 3.8) is 0 Å². The predicted molar refractivity (Wildman–Crippen MR) is 76.9 cm³/mol. The molecule has 20 heavy (non-hydrogen) atoms. The van der Waals surface area contributed by atoms with Crippen LogP contribution in [0.3, 0.4) is 0 Å². The number of carbonyl (C=O) groups excluding carboxylic acids is 2. The number of hydrogen-bond acceptors (Lipinski definition) is 3. The van der Waals surface area contributed by atoms with Gasteiger partial charge in [-0.2, -0.15) is 0 Å². The van der Waals surface area contributed by atoms with Gasteiger partial charge in [0.2, 0.25) is 11.8 Å². The Bertz CT molecular complexity index is 558. The average molecular weight is 272 g/mol. The van der Waals surface area contributed by atoms with E-state index in [1.807, 2.05) is 25.1 Å². The number of nitrogens with zero attached hydrogens (tertiary/aromatic N) is 1. The van der Waals surface area contributed by atoms with Crippen LogP contribution >= 0.6 is 0 Å². The molecule has 0 aromatic heterocycles. The van der Waals surface area contributed by atoms with Crippen LogP contribution in [0.15, 0.2) is 18.2 Å². The Hall–Kier alpha value is -1.68. The number of rotatable bonds is 2. The van der Waals surface area contributed by atoms with Gasteiger partial charge in [0.05, 0.1) is 17.5 Å². The largest absolute Gasteiger partial charge is 0.326 e. The van der Waals surface area contributed by atoms with Crippen molar-refractivity contribution in [3.05, 3.63) is 29.3 Å². The fourth-order valence-electron chi connectivity index (χ4n) is 3.54. The molecule has 1 aromatic carbocycles. The minimum Gasteiger partial charge on any atom is -0.326 e. The van der Waals surface area contributed by atoms with E-state index >= 15 is 0 Å². The molecule has 3 rings (SSSR count). The number of imide groups is 1. The molecule has 2 fully saturated rings. The zero-order valence-corrected chi connectivity index (χ0v) is 11.9. The molecule has 1 heterocycles. The van der Waals surface area contributed by atoms with Crippen molar-refractivity contribution in [1.29, 1.82) is 0 Å². The van der Waals surface area contributed by atoms with E-state index in [1.165, 1.54) is 4.90 Å². The van der Waals surface area contributed by atoms with Gasteiger partial charge in [-0.15, -0.1) is 0 Å². The first-order chi connectivity index (χ1) is 9.52. The molecule has 106 valence electrons. The van der Waals surface area contributed by atoms with Gasteiger partial charge in [-0.25, -0.2) is 4.90 Å². The minimum atomic E-state index is -0.113. The summed E-state index contributed by atoms with van der Waals surface area (Å²) in [5.74, 6) is 0.191. The average Bonchev–Trinajstić information content (AvgIpc) is 2.91. The third kappa shape index (κ3) is 1.86. The van der Waals surface area contributed by atoms with Gasteiger partial charge in [-0.3, -0.25) is 9.59 Å². The molecule has 2 N–H and O–H groups in total. The highest BCUT2D eigenvalue weighted by atomic mass is 16.2. The van der Waals surface area contributed by atoms with Crippen LogP contribution in [-0.4, -0.2) is 11.8 Å². The van der Waals surface area contributed by atoms with Crippen molar-refractivity contribution < 1.29 is 9.59 Å². The quantitative estimate of drug-likeness (QED) is 0.837. The normalized spacial score (nSPS) is 29.1. The maximum atomic E-state index is 12.6. The molecule has 0 radical (unpaired) electrons. The van der Waals surface area contributed by atoms with Crippen LogP contribution in [0.25, 0.3) is 0 Å². The number of benzene rings is 1. The molecular weight excluding hydrogens is 252 g/mol. The van der Waals surface area contributed by atoms with Crippen molar-refractivity contribution in [2.24, 2.45) is 23.5 Å². The SMILES string of the molecule is Cc1ccc(CN)cc1N1C(=O)C2CC(C)CC2C1=O. The number of fused-ring (bicyclic) bond motifs is 1. The van der Waals surface area contributed by atoms with E-state index in [9.17, 15) is 9.59 Å². The number of anilines is 1. The molecule has 1 aliphatic carbocycles. The van der Waals surface area contributed by atoms with Crippen LogP contribution in [0.2, 0.25) is 0 Å². The lowest BCUT2D eigenvalue weighted by Crippen LogP contribution is -2.32. The summed E-state index contributed by atoms with van der Waals surface area (Å²) < 4.78 is 0. The molecule has 1 aromatic rings. The van der Waals surface area contributed by atoms with Gasteiger partial charge in [-0.1, -0.05) is 19.1 Å². The maximum absolute atomic E-state index is 12.6. The summed E-state index contributed by atoms with van der Waals surface area (Å²) >= 11 is 0. The Morgan fingerprint density at radius 2 is 1.80 bits per heavy atom. The predicted octanol–water partition coefficient (Wildman–Crippen LogP) is 1.99. The van der Waals surface area contributed by atoms with E-state index in [0.717, 1.165) is 24.0 Å². The Morgan fingerprint density at radius 3 is 2.35 bits per heavy atom. The van der Waals surface area contributed by atoms with E-state index in [-0.39, 0.29) is 23.7 Å². The Balaban J connectivity index is 2.00. The number of hydrogen-bond donors (Lipinski definition) is 1. The van der Waals surface area contributed by atoms with E-state index in [1.54, 1.807) is 0 Å². The molecule has 2 aliphatic rings. The van der Waals surface area contributed by atoms with E-state index < -0.39 is 0 Å². The summed E-state index contributed by atoms with van der Waals surface area (Å²) in [7, 11) is 0. The van der Waals surface area contributed by atoms with Crippen molar-refractivity contribution in [2.45, 2.75) is 33.2 Å². The van der Waals surface area contributed by atoms with Crippen LogP contribution < -0.4 is 10.6 Å². The lowest BCUT2D eigenvalue weighted by Gasteiger charge is -2.20. The lowest BCUT2D eigenvalue weighted by molar-refractivity contribution is -0.123. The topological polar surface area (TPSA) is 63.4 Å². The van der Waals surface area contributed by atoms with Gasteiger partial charge in [-0.05, 0) is 42.9 Å². The second-order valence-corrected chi connectivity index (χ2v) is 6.13. The molecular formula is C16H20N2O2. The second-order valence-electron chi connectivity index (χ2n) is 6.13. The molecule has 2 amide bonds. The highest BCUT2D eigenvalue weighted by molar-refractivity contribution is 6.22. The third-order valence-corrected chi connectivity index (χ3v) is 4.62. The lowest BCUT2D eigenvalue weighted by atomic mass is 10.00. The number of nitrogens with two attached hydrogens (primary N) is 1. The second kappa shape index (κ2) is 4.70. The summed E-state index contributed by atoms with van der Waals surface area (Å²) in [4.78, 5) is 26.5. The van der Waals surface area contributed by atoms with Crippen LogP contribution in [0.1, 0.15) is 30.9 Å². The number of amides is 2. The Morgan fingerprint density at radius 1 is 1.20 bits per heavy atom. The van der Waals surface area contributed by atoms with Crippen molar-refractivity contribution in [3.8, 4) is 0 Å². The van der Waals surface area contributed by atoms with Crippen LogP contribution in [0, 0.1) is 24.7 Å². The molecule has 2 unspecified atom stereocenters. The first-order valence-corrected chi connectivity index (χ1v) is 7.20. The monoisotopic (exact) mass is 272 g/mol. The van der Waals surface area contributed by atoms with Crippen LogP contribution in [0.4, 0.5) is 5.69 Å². The smallest absolute Gasteiger partial charge is 0.237 e. The van der Waals surface area contributed by atoms with E-state index in [0.29, 0.717) is 18.2 Å². The van der Waals surface area contributed by atoms with E-state index in [4.69, 9.17) is 5.73 Å². The van der Waals surface area contributed by atoms with Crippen LogP contribution in [0.5, 0.6) is 0 Å². The maximum Gasteiger partial charge on any atom is 0.237 e. The van der Waals surface area contributed by atoms with Gasteiger partial charge < -0.3 is 5.73 Å². The zero-order valence-electron chi connectivity index (χ0n) is 11.9. The first kappa shape index (κ1) is 13.3. The molecule has 0 bridgehead atoms. The zero-order chi connectivity index (χ0) is 14.4. The standard InChI is InChI=1S/C16H20N2O2/c1-9-5-12-13(6-9)16(20)18(15(12)19)14-7-11(8-17)4-3-10(14)2/h3-4,7,9,12-13H,5-6,8,17H2,1-2H3. The first-order valence-electron chi connectivity index (χ1n) is 7.20. The fraction of sp³-hybridized carbons (Fsp3) is 0.500. The van der Waals surface area contributed by atoms with Gasteiger partial charge >= 0.3 is 0 Å². The molecule has 4 heteroatoms. The molecule has 1 saturated heterocycles. The van der Waals surface area contributed by atoms with Crippen LogP contribution in [-0.2, 0) is 16.1 Å². The minimum absolute atomic E-state index is 0.0263. The summed E-state index contributed by atoms with van der Waals surface area (Å²) in [5, 5.41) is 0. The molecule has 0 spiro atoms. The highest BCUT2D eigenvalue weighted by Crippen LogP contribution is 2.44. The number of aryl methyl sites for hydroxylation is 1. The fourth-order valence-corrected chi connectivity index (χ4v) is 3.54. The van der Waals surface area contributed by atoms with Gasteiger partial charge in [0.25, 0.3) is 0 Å². The van der Waals surface area contributed by atoms with Crippen molar-refractivity contribution in [2.75, 3.05) is 4.90 Å². The van der Waals surface area contributed by atoms with Gasteiger partial charge in [0.15, 0.2) is 0 Å².